The summed E-state index contributed by atoms with van der Waals surface area (Å²) in [7, 11) is -2.86. The lowest BCUT2D eigenvalue weighted by atomic mass is 10.1. The molecule has 3 heterocycles. The van der Waals surface area contributed by atoms with Gasteiger partial charge in [-0.2, -0.15) is 0 Å². The fourth-order valence-corrected chi connectivity index (χ4v) is 5.70. The van der Waals surface area contributed by atoms with E-state index in [2.05, 4.69) is 24.1 Å². The summed E-state index contributed by atoms with van der Waals surface area (Å²) in [5.74, 6) is 1.84. The number of nitrogens with one attached hydrogen (secondary N) is 1. The van der Waals surface area contributed by atoms with Gasteiger partial charge in [0.25, 0.3) is 0 Å². The highest BCUT2D eigenvalue weighted by Crippen LogP contribution is 2.23. The zero-order valence-electron chi connectivity index (χ0n) is 15.7. The molecular formula is C17H31IN4O3S. The van der Waals surface area contributed by atoms with Gasteiger partial charge in [0.05, 0.1) is 11.5 Å². The second kappa shape index (κ2) is 9.07. The lowest BCUT2D eigenvalue weighted by molar-refractivity contribution is -0.130. The van der Waals surface area contributed by atoms with Gasteiger partial charge in [0.2, 0.25) is 5.91 Å². The molecule has 3 rings (SSSR count). The first-order valence-electron chi connectivity index (χ1n) is 9.43. The fourth-order valence-electron chi connectivity index (χ4n) is 3.85. The van der Waals surface area contributed by atoms with Gasteiger partial charge in [-0.25, -0.2) is 8.42 Å². The van der Waals surface area contributed by atoms with Crippen LogP contribution in [-0.2, 0) is 14.6 Å². The van der Waals surface area contributed by atoms with E-state index < -0.39 is 9.84 Å². The molecule has 7 nitrogen and oxygen atoms in total. The number of fused-ring (bicyclic) bond motifs is 1. The summed E-state index contributed by atoms with van der Waals surface area (Å²) in [5.41, 5.74) is 0. The number of amides is 1. The number of sulfone groups is 1. The van der Waals surface area contributed by atoms with Crippen LogP contribution in [0.5, 0.6) is 0 Å². The number of rotatable bonds is 4. The van der Waals surface area contributed by atoms with Gasteiger partial charge in [-0.05, 0) is 32.1 Å². The van der Waals surface area contributed by atoms with Crippen LogP contribution < -0.4 is 5.32 Å². The van der Waals surface area contributed by atoms with Gasteiger partial charge in [-0.1, -0.05) is 6.92 Å². The Labute approximate surface area is 173 Å². The van der Waals surface area contributed by atoms with E-state index in [1.54, 1.807) is 0 Å². The van der Waals surface area contributed by atoms with Gasteiger partial charge in [0.15, 0.2) is 15.8 Å². The number of carbonyl (C=O) groups excluding carboxylic acids is 1. The molecule has 3 saturated heterocycles. The maximum Gasteiger partial charge on any atom is 0.223 e. The first-order valence-corrected chi connectivity index (χ1v) is 11.3. The Morgan fingerprint density at radius 1 is 1.35 bits per heavy atom. The van der Waals surface area contributed by atoms with E-state index >= 15 is 0 Å². The van der Waals surface area contributed by atoms with Gasteiger partial charge >= 0.3 is 0 Å². The number of nitrogens with zero attached hydrogens (tertiary/aromatic N) is 3. The number of hydrogen-bond donors (Lipinski definition) is 1. The normalized spacial score (nSPS) is 29.3. The molecule has 26 heavy (non-hydrogen) atoms. The van der Waals surface area contributed by atoms with Crippen molar-refractivity contribution in [2.24, 2.45) is 10.9 Å². The zero-order valence-corrected chi connectivity index (χ0v) is 18.8. The van der Waals surface area contributed by atoms with Gasteiger partial charge in [-0.15, -0.1) is 24.0 Å². The third-order valence-corrected chi connectivity index (χ3v) is 7.44. The second-order valence-corrected chi connectivity index (χ2v) is 9.84. The Hall–Kier alpha value is -0.580. The minimum atomic E-state index is -2.86. The van der Waals surface area contributed by atoms with Crippen molar-refractivity contribution in [2.75, 3.05) is 37.7 Å². The smallest absolute Gasteiger partial charge is 0.223 e. The largest absolute Gasteiger partial charge is 0.354 e. The first-order chi connectivity index (χ1) is 11.9. The lowest BCUT2D eigenvalue weighted by Gasteiger charge is -2.39. The molecule has 0 saturated carbocycles. The summed E-state index contributed by atoms with van der Waals surface area (Å²) in [4.78, 5) is 20.9. The molecule has 0 spiro atoms. The van der Waals surface area contributed by atoms with Gasteiger partial charge in [-0.3, -0.25) is 9.79 Å². The highest BCUT2D eigenvalue weighted by molar-refractivity contribution is 14.0. The average Bonchev–Trinajstić information content (AvgIpc) is 3.13. The standard InChI is InChI=1S/C17H30N4O3S.HI/c1-3-13(2)19-17(18-10-14-6-9-25(23,24)12-14)20-7-8-21-15(11-20)4-5-16(21)22;/h13-15H,3-12H2,1-2H3,(H,18,19);1H. The van der Waals surface area contributed by atoms with Crippen molar-refractivity contribution in [2.45, 2.75) is 51.6 Å². The molecule has 0 bridgehead atoms. The van der Waals surface area contributed by atoms with E-state index in [0.29, 0.717) is 31.2 Å². The molecule has 0 aromatic carbocycles. The van der Waals surface area contributed by atoms with E-state index in [1.165, 1.54) is 0 Å². The molecule has 1 N–H and O–H groups in total. The Balaban J connectivity index is 0.00000243. The summed E-state index contributed by atoms with van der Waals surface area (Å²) >= 11 is 0. The number of piperazine rings is 1. The van der Waals surface area contributed by atoms with E-state index in [9.17, 15) is 13.2 Å². The molecule has 0 aliphatic carbocycles. The van der Waals surface area contributed by atoms with Crippen LogP contribution in [0.15, 0.2) is 4.99 Å². The summed E-state index contributed by atoms with van der Waals surface area (Å²) in [6.07, 6.45) is 3.29. The fraction of sp³-hybridized carbons (Fsp3) is 0.882. The van der Waals surface area contributed by atoms with Crippen LogP contribution >= 0.6 is 24.0 Å². The van der Waals surface area contributed by atoms with Crippen molar-refractivity contribution in [1.82, 2.24) is 15.1 Å². The van der Waals surface area contributed by atoms with E-state index in [-0.39, 0.29) is 47.6 Å². The van der Waals surface area contributed by atoms with Crippen molar-refractivity contribution in [1.29, 1.82) is 0 Å². The molecule has 3 fully saturated rings. The van der Waals surface area contributed by atoms with Crippen LogP contribution in [0.3, 0.4) is 0 Å². The number of halogens is 1. The Morgan fingerprint density at radius 2 is 2.12 bits per heavy atom. The molecule has 0 aromatic rings. The van der Waals surface area contributed by atoms with Crippen LogP contribution in [0.25, 0.3) is 0 Å². The lowest BCUT2D eigenvalue weighted by Crippen LogP contribution is -2.57. The predicted octanol–water partition coefficient (Wildman–Crippen LogP) is 1.09. The average molecular weight is 498 g/mol. The van der Waals surface area contributed by atoms with Crippen LogP contribution in [0, 0.1) is 5.92 Å². The molecule has 0 aromatic heterocycles. The number of guanidine groups is 1. The van der Waals surface area contributed by atoms with Gasteiger partial charge in [0, 0.05) is 44.7 Å². The minimum Gasteiger partial charge on any atom is -0.354 e. The molecule has 150 valence electrons. The van der Waals surface area contributed by atoms with E-state index in [4.69, 9.17) is 4.99 Å². The number of hydrogen-bond acceptors (Lipinski definition) is 4. The van der Waals surface area contributed by atoms with Crippen LogP contribution in [0.2, 0.25) is 0 Å². The number of carbonyl (C=O) groups is 1. The van der Waals surface area contributed by atoms with Crippen LogP contribution in [0.1, 0.15) is 39.5 Å². The predicted molar refractivity (Wildman–Crippen MR) is 114 cm³/mol. The third kappa shape index (κ3) is 5.24. The monoisotopic (exact) mass is 498 g/mol. The van der Waals surface area contributed by atoms with Crippen molar-refractivity contribution in [3.63, 3.8) is 0 Å². The zero-order chi connectivity index (χ0) is 18.0. The van der Waals surface area contributed by atoms with E-state index in [1.807, 2.05) is 4.90 Å². The topological polar surface area (TPSA) is 82.1 Å². The highest BCUT2D eigenvalue weighted by Gasteiger charge is 2.36. The van der Waals surface area contributed by atoms with Crippen molar-refractivity contribution >= 4 is 45.7 Å². The molecule has 9 heteroatoms. The van der Waals surface area contributed by atoms with Crippen molar-refractivity contribution in [3.8, 4) is 0 Å². The maximum absolute atomic E-state index is 11.9. The molecular weight excluding hydrogens is 467 g/mol. The van der Waals surface area contributed by atoms with Crippen LogP contribution in [0.4, 0.5) is 0 Å². The minimum absolute atomic E-state index is 0. The van der Waals surface area contributed by atoms with Gasteiger partial charge in [0.1, 0.15) is 0 Å². The molecule has 3 atom stereocenters. The highest BCUT2D eigenvalue weighted by atomic mass is 127. The first kappa shape index (κ1) is 21.7. The Kier molecular flexibility index (Phi) is 7.58. The van der Waals surface area contributed by atoms with E-state index in [0.717, 1.165) is 38.4 Å². The van der Waals surface area contributed by atoms with Gasteiger partial charge < -0.3 is 15.1 Å². The van der Waals surface area contributed by atoms with Crippen molar-refractivity contribution < 1.29 is 13.2 Å². The molecule has 3 aliphatic rings. The summed E-state index contributed by atoms with van der Waals surface area (Å²) in [6.45, 7) is 7.17. The molecule has 0 radical (unpaired) electrons. The summed E-state index contributed by atoms with van der Waals surface area (Å²) < 4.78 is 23.3. The molecule has 3 aliphatic heterocycles. The van der Waals surface area contributed by atoms with Crippen LogP contribution in [-0.4, -0.2) is 79.9 Å². The quantitative estimate of drug-likeness (QED) is 0.357. The molecule has 1 amide bonds. The number of aliphatic imine (C=N–C) groups is 1. The Morgan fingerprint density at radius 3 is 2.77 bits per heavy atom. The SMILES string of the molecule is CCC(C)NC(=NCC1CCS(=O)(=O)C1)N1CCN2C(=O)CCC2C1.I. The summed E-state index contributed by atoms with van der Waals surface area (Å²) in [5, 5.41) is 3.50. The second-order valence-electron chi connectivity index (χ2n) is 7.61. The Bertz CT molecular complexity index is 640. The third-order valence-electron chi connectivity index (χ3n) is 5.61. The van der Waals surface area contributed by atoms with Crippen molar-refractivity contribution in [3.05, 3.63) is 0 Å². The molecule has 3 unspecified atom stereocenters. The summed E-state index contributed by atoms with van der Waals surface area (Å²) in [6, 6.07) is 0.603. The maximum atomic E-state index is 11.9.